The molecule has 0 bridgehead atoms. The molecule has 0 aliphatic heterocycles. The van der Waals surface area contributed by atoms with Crippen molar-refractivity contribution in [2.24, 2.45) is 5.73 Å². The van der Waals surface area contributed by atoms with Crippen LogP contribution in [0.5, 0.6) is 0 Å². The summed E-state index contributed by atoms with van der Waals surface area (Å²) in [7, 11) is 0. The maximum absolute atomic E-state index is 11.4. The summed E-state index contributed by atoms with van der Waals surface area (Å²) in [6.07, 6.45) is 2.98. The van der Waals surface area contributed by atoms with Gasteiger partial charge in [0.15, 0.2) is 0 Å². The highest BCUT2D eigenvalue weighted by molar-refractivity contribution is 5.95. The SMILES string of the molecule is CC(N)C(=O)NNC(=O)c1ccncc1. The first-order valence-corrected chi connectivity index (χ1v) is 4.37. The van der Waals surface area contributed by atoms with Crippen molar-refractivity contribution in [3.63, 3.8) is 0 Å². The minimum absolute atomic E-state index is 0.411. The molecule has 1 heterocycles. The minimum Gasteiger partial charge on any atom is -0.320 e. The summed E-state index contributed by atoms with van der Waals surface area (Å²) in [4.78, 5) is 26.2. The first-order chi connectivity index (χ1) is 7.11. The number of hydrogen-bond donors (Lipinski definition) is 3. The highest BCUT2D eigenvalue weighted by atomic mass is 16.2. The Morgan fingerprint density at radius 1 is 1.33 bits per heavy atom. The van der Waals surface area contributed by atoms with Gasteiger partial charge in [-0.1, -0.05) is 0 Å². The summed E-state index contributed by atoms with van der Waals surface area (Å²) in [5.74, 6) is -0.858. The molecule has 1 atom stereocenters. The molecule has 15 heavy (non-hydrogen) atoms. The van der Waals surface area contributed by atoms with Gasteiger partial charge in [0.2, 0.25) is 0 Å². The number of hydrazine groups is 1. The van der Waals surface area contributed by atoms with Gasteiger partial charge < -0.3 is 5.73 Å². The number of rotatable bonds is 2. The van der Waals surface area contributed by atoms with Crippen LogP contribution in [0.1, 0.15) is 17.3 Å². The van der Waals surface area contributed by atoms with E-state index in [1.807, 2.05) is 0 Å². The van der Waals surface area contributed by atoms with Crippen molar-refractivity contribution in [1.29, 1.82) is 0 Å². The summed E-state index contributed by atoms with van der Waals surface area (Å²) in [6.45, 7) is 1.52. The van der Waals surface area contributed by atoms with E-state index in [2.05, 4.69) is 15.8 Å². The number of amides is 2. The zero-order valence-electron chi connectivity index (χ0n) is 8.23. The van der Waals surface area contributed by atoms with E-state index in [0.29, 0.717) is 5.56 Å². The molecule has 6 heteroatoms. The predicted molar refractivity (Wildman–Crippen MR) is 53.5 cm³/mol. The Morgan fingerprint density at radius 2 is 1.93 bits per heavy atom. The molecule has 0 aromatic carbocycles. The molecule has 1 unspecified atom stereocenters. The van der Waals surface area contributed by atoms with Crippen LogP contribution in [0, 0.1) is 0 Å². The molecule has 0 aliphatic rings. The van der Waals surface area contributed by atoms with Crippen LogP contribution in [0.4, 0.5) is 0 Å². The van der Waals surface area contributed by atoms with Crippen LogP contribution in [-0.2, 0) is 4.79 Å². The number of aromatic nitrogens is 1. The van der Waals surface area contributed by atoms with Crippen molar-refractivity contribution in [3.8, 4) is 0 Å². The van der Waals surface area contributed by atoms with Gasteiger partial charge in [-0.25, -0.2) is 0 Å². The molecule has 0 saturated heterocycles. The minimum atomic E-state index is -0.664. The maximum atomic E-state index is 11.4. The van der Waals surface area contributed by atoms with E-state index in [4.69, 9.17) is 5.73 Å². The molecular formula is C9H12N4O2. The number of hydrogen-bond acceptors (Lipinski definition) is 4. The van der Waals surface area contributed by atoms with Crippen LogP contribution in [-0.4, -0.2) is 22.8 Å². The topological polar surface area (TPSA) is 97.1 Å². The van der Waals surface area contributed by atoms with Gasteiger partial charge in [-0.3, -0.25) is 25.4 Å². The first kappa shape index (κ1) is 11.1. The second-order valence-electron chi connectivity index (χ2n) is 2.97. The molecule has 0 radical (unpaired) electrons. The third kappa shape index (κ3) is 3.35. The van der Waals surface area contributed by atoms with Crippen molar-refractivity contribution < 1.29 is 9.59 Å². The van der Waals surface area contributed by atoms with Crippen molar-refractivity contribution in [2.45, 2.75) is 13.0 Å². The predicted octanol–water partition coefficient (Wildman–Crippen LogP) is -0.810. The average molecular weight is 208 g/mol. The van der Waals surface area contributed by atoms with Crippen molar-refractivity contribution in [1.82, 2.24) is 15.8 Å². The highest BCUT2D eigenvalue weighted by Gasteiger charge is 2.09. The van der Waals surface area contributed by atoms with E-state index in [0.717, 1.165) is 0 Å². The Hall–Kier alpha value is -1.95. The lowest BCUT2D eigenvalue weighted by atomic mass is 10.2. The van der Waals surface area contributed by atoms with Crippen LogP contribution < -0.4 is 16.6 Å². The highest BCUT2D eigenvalue weighted by Crippen LogP contribution is 1.94. The molecule has 0 saturated carbocycles. The van der Waals surface area contributed by atoms with Gasteiger partial charge in [0.1, 0.15) is 0 Å². The van der Waals surface area contributed by atoms with E-state index in [1.165, 1.54) is 31.5 Å². The maximum Gasteiger partial charge on any atom is 0.269 e. The van der Waals surface area contributed by atoms with Gasteiger partial charge in [0.25, 0.3) is 11.8 Å². The number of carbonyl (C=O) groups is 2. The van der Waals surface area contributed by atoms with Crippen molar-refractivity contribution in [3.05, 3.63) is 30.1 Å². The first-order valence-electron chi connectivity index (χ1n) is 4.37. The lowest BCUT2D eigenvalue weighted by molar-refractivity contribution is -0.122. The van der Waals surface area contributed by atoms with E-state index in [-0.39, 0.29) is 0 Å². The second-order valence-corrected chi connectivity index (χ2v) is 2.97. The van der Waals surface area contributed by atoms with Crippen LogP contribution in [0.2, 0.25) is 0 Å². The van der Waals surface area contributed by atoms with E-state index >= 15 is 0 Å². The normalized spacial score (nSPS) is 11.6. The Balaban J connectivity index is 2.48. The Labute approximate surface area is 86.8 Å². The molecule has 1 aromatic rings. The number of nitrogens with one attached hydrogen (secondary N) is 2. The fourth-order valence-corrected chi connectivity index (χ4v) is 0.808. The van der Waals surface area contributed by atoms with Crippen LogP contribution >= 0.6 is 0 Å². The van der Waals surface area contributed by atoms with E-state index < -0.39 is 17.9 Å². The summed E-state index contributed by atoms with van der Waals surface area (Å²) >= 11 is 0. The smallest absolute Gasteiger partial charge is 0.269 e. The lowest BCUT2D eigenvalue weighted by Crippen LogP contribution is -2.48. The average Bonchev–Trinajstić information content (AvgIpc) is 2.26. The van der Waals surface area contributed by atoms with Crippen molar-refractivity contribution in [2.75, 3.05) is 0 Å². The van der Waals surface area contributed by atoms with E-state index in [1.54, 1.807) is 0 Å². The van der Waals surface area contributed by atoms with Crippen LogP contribution in [0.25, 0.3) is 0 Å². The fourth-order valence-electron chi connectivity index (χ4n) is 0.808. The Morgan fingerprint density at radius 3 is 2.47 bits per heavy atom. The summed E-state index contributed by atoms with van der Waals surface area (Å²) < 4.78 is 0. The molecular weight excluding hydrogens is 196 g/mol. The third-order valence-corrected chi connectivity index (χ3v) is 1.66. The van der Waals surface area contributed by atoms with Crippen LogP contribution in [0.3, 0.4) is 0 Å². The van der Waals surface area contributed by atoms with Gasteiger partial charge >= 0.3 is 0 Å². The molecule has 2 amide bonds. The molecule has 0 spiro atoms. The summed E-state index contributed by atoms with van der Waals surface area (Å²) in [5, 5.41) is 0. The third-order valence-electron chi connectivity index (χ3n) is 1.66. The number of nitrogens with zero attached hydrogens (tertiary/aromatic N) is 1. The number of carbonyl (C=O) groups excluding carboxylic acids is 2. The Kier molecular flexibility index (Phi) is 3.75. The molecule has 0 aliphatic carbocycles. The van der Waals surface area contributed by atoms with E-state index in [9.17, 15) is 9.59 Å². The zero-order chi connectivity index (χ0) is 11.3. The van der Waals surface area contributed by atoms with Crippen molar-refractivity contribution >= 4 is 11.8 Å². The lowest BCUT2D eigenvalue weighted by Gasteiger charge is -2.08. The standard InChI is InChI=1S/C9H12N4O2/c1-6(10)8(14)12-13-9(15)7-2-4-11-5-3-7/h2-6H,10H2,1H3,(H,12,14)(H,13,15). The quantitative estimate of drug-likeness (QED) is 0.554. The molecule has 80 valence electrons. The molecule has 4 N–H and O–H groups in total. The van der Waals surface area contributed by atoms with Gasteiger partial charge in [-0.2, -0.15) is 0 Å². The number of nitrogens with two attached hydrogens (primary N) is 1. The second kappa shape index (κ2) is 5.06. The zero-order valence-corrected chi connectivity index (χ0v) is 8.23. The van der Waals surface area contributed by atoms with Gasteiger partial charge in [0, 0.05) is 18.0 Å². The molecule has 6 nitrogen and oxygen atoms in total. The van der Waals surface area contributed by atoms with Gasteiger partial charge in [0.05, 0.1) is 6.04 Å². The molecule has 1 aromatic heterocycles. The van der Waals surface area contributed by atoms with Gasteiger partial charge in [-0.05, 0) is 19.1 Å². The van der Waals surface area contributed by atoms with Gasteiger partial charge in [-0.15, -0.1) is 0 Å². The monoisotopic (exact) mass is 208 g/mol. The molecule has 1 rings (SSSR count). The fraction of sp³-hybridized carbons (Fsp3) is 0.222. The largest absolute Gasteiger partial charge is 0.320 e. The summed E-state index contributed by atoms with van der Waals surface area (Å²) in [5.41, 5.74) is 10.1. The van der Waals surface area contributed by atoms with Crippen LogP contribution in [0.15, 0.2) is 24.5 Å². The number of pyridine rings is 1. The Bertz CT molecular complexity index is 350. The summed E-state index contributed by atoms with van der Waals surface area (Å²) in [6, 6.07) is 2.41. The molecule has 0 fully saturated rings.